The maximum Gasteiger partial charge on any atom is 0.264 e. The van der Waals surface area contributed by atoms with E-state index in [4.69, 9.17) is 4.74 Å². The number of aromatic nitrogens is 2. The number of ether oxygens (including phenoxy) is 1. The number of carbonyl (C=O) groups is 1. The fourth-order valence-corrected chi connectivity index (χ4v) is 4.47. The molecule has 0 saturated carbocycles. The molecule has 4 aromatic rings. The van der Waals surface area contributed by atoms with Crippen molar-refractivity contribution in [3.63, 3.8) is 0 Å². The number of hydrogen-bond donors (Lipinski definition) is 2. The van der Waals surface area contributed by atoms with Gasteiger partial charge in [-0.2, -0.15) is 0 Å². The highest BCUT2D eigenvalue weighted by Crippen LogP contribution is 2.30. The molecule has 0 atom stereocenters. The quantitative estimate of drug-likeness (QED) is 0.335. The van der Waals surface area contributed by atoms with Gasteiger partial charge >= 0.3 is 0 Å². The van der Waals surface area contributed by atoms with Gasteiger partial charge in [-0.05, 0) is 69.5 Å². The molecule has 0 aliphatic heterocycles. The third-order valence-corrected chi connectivity index (χ3v) is 6.60. The number of rotatable bonds is 8. The van der Waals surface area contributed by atoms with Crippen LogP contribution in [-0.4, -0.2) is 30.9 Å². The van der Waals surface area contributed by atoms with Crippen molar-refractivity contribution in [2.24, 2.45) is 0 Å². The van der Waals surface area contributed by atoms with Crippen LogP contribution in [0.4, 0.5) is 11.6 Å². The summed E-state index contributed by atoms with van der Waals surface area (Å²) in [7, 11) is -3.85. The molecule has 0 radical (unpaired) electrons. The maximum atomic E-state index is 12.4. The minimum atomic E-state index is -3.85. The second-order valence-corrected chi connectivity index (χ2v) is 9.59. The molecule has 1 amide bonds. The van der Waals surface area contributed by atoms with Crippen LogP contribution in [-0.2, 0) is 14.8 Å². The Morgan fingerprint density at radius 1 is 0.882 bits per heavy atom. The summed E-state index contributed by atoms with van der Waals surface area (Å²) in [5.74, 6) is 0.121. The summed E-state index contributed by atoms with van der Waals surface area (Å²) in [4.78, 5) is 20.0. The van der Waals surface area contributed by atoms with Gasteiger partial charge in [-0.3, -0.25) is 4.79 Å². The Balaban J connectivity index is 1.34. The van der Waals surface area contributed by atoms with Crippen LogP contribution in [0.15, 0.2) is 101 Å². The number of nitrogens with one attached hydrogen (secondary N) is 2. The van der Waals surface area contributed by atoms with Crippen LogP contribution in [0.2, 0.25) is 0 Å². The van der Waals surface area contributed by atoms with Gasteiger partial charge in [0.1, 0.15) is 5.75 Å². The highest BCUT2D eigenvalue weighted by molar-refractivity contribution is 9.10. The van der Waals surface area contributed by atoms with Crippen LogP contribution >= 0.6 is 15.9 Å². The second kappa shape index (κ2) is 10.4. The molecule has 0 spiro atoms. The van der Waals surface area contributed by atoms with Gasteiger partial charge in [-0.25, -0.2) is 23.1 Å². The lowest BCUT2D eigenvalue weighted by molar-refractivity contribution is -0.118. The summed E-state index contributed by atoms with van der Waals surface area (Å²) in [5.41, 5.74) is 2.53. The van der Waals surface area contributed by atoms with E-state index in [-0.39, 0.29) is 23.4 Å². The van der Waals surface area contributed by atoms with E-state index in [9.17, 15) is 13.2 Å². The van der Waals surface area contributed by atoms with E-state index in [1.165, 1.54) is 36.7 Å². The monoisotopic (exact) mass is 538 g/mol. The molecular formula is C24H19BrN4O4S. The van der Waals surface area contributed by atoms with E-state index in [1.807, 2.05) is 42.5 Å². The number of hydrogen-bond acceptors (Lipinski definition) is 6. The first-order chi connectivity index (χ1) is 16.4. The fourth-order valence-electron chi connectivity index (χ4n) is 3.02. The first-order valence-electron chi connectivity index (χ1n) is 10.1. The molecule has 0 aliphatic carbocycles. The van der Waals surface area contributed by atoms with Crippen molar-refractivity contribution in [2.75, 3.05) is 16.6 Å². The number of sulfonamides is 1. The number of amides is 1. The lowest BCUT2D eigenvalue weighted by Gasteiger charge is -2.11. The lowest BCUT2D eigenvalue weighted by atomic mass is 10.1. The summed E-state index contributed by atoms with van der Waals surface area (Å²) in [6.07, 6.45) is 2.86. The van der Waals surface area contributed by atoms with Crippen molar-refractivity contribution in [2.45, 2.75) is 4.90 Å². The van der Waals surface area contributed by atoms with E-state index < -0.39 is 10.0 Å². The molecule has 3 aromatic carbocycles. The van der Waals surface area contributed by atoms with E-state index in [0.29, 0.717) is 11.4 Å². The van der Waals surface area contributed by atoms with Gasteiger partial charge in [0.25, 0.3) is 15.9 Å². The molecule has 0 aliphatic rings. The molecule has 10 heteroatoms. The zero-order valence-corrected chi connectivity index (χ0v) is 20.1. The Labute approximate surface area is 205 Å². The standard InChI is InChI=1S/C24H19BrN4O4S/c25-21-15-18(17-5-2-1-3-6-17)7-12-22(21)33-16-23(30)28-19-8-10-20(11-9-19)34(31,32)29-24-26-13-4-14-27-24/h1-15H,16H2,(H,28,30)(H,26,27,29). The fraction of sp³-hybridized carbons (Fsp3) is 0.0417. The zero-order chi connectivity index (χ0) is 24.0. The number of nitrogens with zero attached hydrogens (tertiary/aromatic N) is 2. The molecule has 2 N–H and O–H groups in total. The Kier molecular flexibility index (Phi) is 7.19. The molecule has 8 nitrogen and oxygen atoms in total. The van der Waals surface area contributed by atoms with E-state index >= 15 is 0 Å². The Bertz CT molecular complexity index is 1380. The number of halogens is 1. The third kappa shape index (κ3) is 5.97. The zero-order valence-electron chi connectivity index (χ0n) is 17.7. The van der Waals surface area contributed by atoms with Gasteiger partial charge in [0, 0.05) is 18.1 Å². The van der Waals surface area contributed by atoms with Crippen LogP contribution in [0.25, 0.3) is 11.1 Å². The predicted octanol–water partition coefficient (Wildman–Crippen LogP) is 4.72. The Morgan fingerprint density at radius 2 is 1.59 bits per heavy atom. The molecule has 0 unspecified atom stereocenters. The molecule has 0 fully saturated rings. The molecule has 1 heterocycles. The average Bonchev–Trinajstić information content (AvgIpc) is 2.84. The number of carbonyl (C=O) groups excluding carboxylic acids is 1. The highest BCUT2D eigenvalue weighted by Gasteiger charge is 2.16. The summed E-state index contributed by atoms with van der Waals surface area (Å²) < 4.78 is 33.5. The molecule has 34 heavy (non-hydrogen) atoms. The predicted molar refractivity (Wildman–Crippen MR) is 133 cm³/mol. The molecule has 1 aromatic heterocycles. The first-order valence-corrected chi connectivity index (χ1v) is 12.4. The van der Waals surface area contributed by atoms with Crippen molar-refractivity contribution >= 4 is 43.5 Å². The molecule has 0 bridgehead atoms. The summed E-state index contributed by atoms with van der Waals surface area (Å²) >= 11 is 3.48. The molecule has 172 valence electrons. The van der Waals surface area contributed by atoms with Crippen molar-refractivity contribution in [1.29, 1.82) is 0 Å². The van der Waals surface area contributed by atoms with E-state index in [1.54, 1.807) is 12.1 Å². The number of anilines is 2. The normalized spacial score (nSPS) is 11.0. The van der Waals surface area contributed by atoms with Crippen LogP contribution in [0.1, 0.15) is 0 Å². The van der Waals surface area contributed by atoms with Crippen LogP contribution in [0.3, 0.4) is 0 Å². The molecular weight excluding hydrogens is 520 g/mol. The third-order valence-electron chi connectivity index (χ3n) is 4.64. The van der Waals surface area contributed by atoms with Gasteiger partial charge in [0.2, 0.25) is 5.95 Å². The topological polar surface area (TPSA) is 110 Å². The summed E-state index contributed by atoms with van der Waals surface area (Å²) in [6, 6.07) is 22.9. The highest BCUT2D eigenvalue weighted by atomic mass is 79.9. The Morgan fingerprint density at radius 3 is 2.26 bits per heavy atom. The van der Waals surface area contributed by atoms with Crippen LogP contribution in [0.5, 0.6) is 5.75 Å². The summed E-state index contributed by atoms with van der Waals surface area (Å²) in [5, 5.41) is 2.68. The van der Waals surface area contributed by atoms with Gasteiger partial charge < -0.3 is 10.1 Å². The van der Waals surface area contributed by atoms with Crippen LogP contribution < -0.4 is 14.8 Å². The first kappa shape index (κ1) is 23.4. The van der Waals surface area contributed by atoms with Crippen molar-refractivity contribution in [3.8, 4) is 16.9 Å². The van der Waals surface area contributed by atoms with Gasteiger partial charge in [-0.15, -0.1) is 0 Å². The molecule has 4 rings (SSSR count). The number of benzene rings is 3. The summed E-state index contributed by atoms with van der Waals surface area (Å²) in [6.45, 7) is -0.212. The van der Waals surface area contributed by atoms with E-state index in [0.717, 1.165) is 15.6 Å². The van der Waals surface area contributed by atoms with Crippen molar-refractivity contribution < 1.29 is 17.9 Å². The van der Waals surface area contributed by atoms with E-state index in [2.05, 4.69) is 35.9 Å². The van der Waals surface area contributed by atoms with Gasteiger partial charge in [0.15, 0.2) is 6.61 Å². The van der Waals surface area contributed by atoms with Crippen LogP contribution in [0, 0.1) is 0 Å². The van der Waals surface area contributed by atoms with Crippen molar-refractivity contribution in [3.05, 3.63) is 95.7 Å². The maximum absolute atomic E-state index is 12.4. The Hall–Kier alpha value is -3.76. The van der Waals surface area contributed by atoms with Gasteiger partial charge in [-0.1, -0.05) is 36.4 Å². The van der Waals surface area contributed by atoms with Crippen molar-refractivity contribution in [1.82, 2.24) is 9.97 Å². The lowest BCUT2D eigenvalue weighted by Crippen LogP contribution is -2.20. The smallest absolute Gasteiger partial charge is 0.264 e. The second-order valence-electron chi connectivity index (χ2n) is 7.05. The molecule has 0 saturated heterocycles. The minimum Gasteiger partial charge on any atom is -0.483 e. The SMILES string of the molecule is O=C(COc1ccc(-c2ccccc2)cc1Br)Nc1ccc(S(=O)(=O)Nc2ncccn2)cc1. The largest absolute Gasteiger partial charge is 0.483 e. The average molecular weight is 539 g/mol. The van der Waals surface area contributed by atoms with Gasteiger partial charge in [0.05, 0.1) is 9.37 Å². The minimum absolute atomic E-state index is 0.0108.